The molecule has 1 amide bonds. The highest BCUT2D eigenvalue weighted by atomic mass is 16.5. The zero-order valence-electron chi connectivity index (χ0n) is 6.66. The molecule has 0 spiro atoms. The van der Waals surface area contributed by atoms with E-state index in [1.54, 1.807) is 0 Å². The minimum Gasteiger partial charge on any atom is -0.368 e. The van der Waals surface area contributed by atoms with Gasteiger partial charge in [0.2, 0.25) is 6.41 Å². The van der Waals surface area contributed by atoms with E-state index in [9.17, 15) is 4.79 Å². The van der Waals surface area contributed by atoms with E-state index in [-0.39, 0.29) is 5.92 Å². The predicted molar refractivity (Wildman–Crippen MR) is 40.7 cm³/mol. The fourth-order valence-electron chi connectivity index (χ4n) is 0.927. The molecule has 0 saturated heterocycles. The lowest BCUT2D eigenvalue weighted by atomic mass is 10.0. The second-order valence-electron chi connectivity index (χ2n) is 2.49. The third-order valence-electron chi connectivity index (χ3n) is 1.54. The van der Waals surface area contributed by atoms with Gasteiger partial charge in [-0.05, 0) is 6.42 Å². The van der Waals surface area contributed by atoms with Crippen LogP contribution in [0.15, 0.2) is 0 Å². The molecule has 0 aromatic heterocycles. The summed E-state index contributed by atoms with van der Waals surface area (Å²) < 4.78 is 0. The zero-order valence-corrected chi connectivity index (χ0v) is 6.66. The molecule has 0 heterocycles. The second-order valence-corrected chi connectivity index (χ2v) is 2.49. The summed E-state index contributed by atoms with van der Waals surface area (Å²) in [6, 6.07) is 0. The molecule has 0 aliphatic carbocycles. The van der Waals surface area contributed by atoms with Crippen LogP contribution in [-0.2, 0) is 4.79 Å². The molecule has 0 aromatic carbocycles. The van der Waals surface area contributed by atoms with Crippen molar-refractivity contribution < 1.29 is 15.0 Å². The van der Waals surface area contributed by atoms with E-state index in [1.807, 2.05) is 6.92 Å². The fourth-order valence-corrected chi connectivity index (χ4v) is 0.927. The van der Waals surface area contributed by atoms with Crippen LogP contribution in [0.4, 0.5) is 0 Å². The van der Waals surface area contributed by atoms with Crippen LogP contribution >= 0.6 is 0 Å². The smallest absolute Gasteiger partial charge is 0.207 e. The number of aliphatic hydroxyl groups is 2. The SMILES string of the molecule is CCCC(CNC=O)C(O)O. The summed E-state index contributed by atoms with van der Waals surface area (Å²) in [5.41, 5.74) is 0. The van der Waals surface area contributed by atoms with E-state index >= 15 is 0 Å². The Bertz CT molecular complexity index is 106. The van der Waals surface area contributed by atoms with Gasteiger partial charge in [0.05, 0.1) is 0 Å². The molecule has 0 aliphatic rings. The Morgan fingerprint density at radius 3 is 2.55 bits per heavy atom. The largest absolute Gasteiger partial charge is 0.368 e. The standard InChI is InChI=1S/C7H15NO3/c1-2-3-6(7(10)11)4-8-5-9/h5-7,10-11H,2-4H2,1H3,(H,8,9). The van der Waals surface area contributed by atoms with Crippen LogP contribution < -0.4 is 5.32 Å². The van der Waals surface area contributed by atoms with E-state index in [1.165, 1.54) is 0 Å². The maximum absolute atomic E-state index is 9.86. The van der Waals surface area contributed by atoms with Crippen LogP contribution in [0.25, 0.3) is 0 Å². The number of amides is 1. The van der Waals surface area contributed by atoms with Gasteiger partial charge >= 0.3 is 0 Å². The van der Waals surface area contributed by atoms with E-state index in [4.69, 9.17) is 10.2 Å². The summed E-state index contributed by atoms with van der Waals surface area (Å²) in [7, 11) is 0. The molecule has 66 valence electrons. The average molecular weight is 161 g/mol. The quantitative estimate of drug-likeness (QED) is 0.362. The number of carbonyl (C=O) groups excluding carboxylic acids is 1. The highest BCUT2D eigenvalue weighted by Crippen LogP contribution is 2.07. The molecule has 1 atom stereocenters. The number of rotatable bonds is 6. The minimum atomic E-state index is -1.33. The summed E-state index contributed by atoms with van der Waals surface area (Å²) in [4.78, 5) is 9.86. The topological polar surface area (TPSA) is 69.6 Å². The molecule has 0 radical (unpaired) electrons. The predicted octanol–water partition coefficient (Wildman–Crippen LogP) is -0.541. The van der Waals surface area contributed by atoms with Gasteiger partial charge in [0.25, 0.3) is 0 Å². The third-order valence-corrected chi connectivity index (χ3v) is 1.54. The van der Waals surface area contributed by atoms with Gasteiger partial charge in [-0.2, -0.15) is 0 Å². The van der Waals surface area contributed by atoms with Crippen LogP contribution in [0.2, 0.25) is 0 Å². The zero-order chi connectivity index (χ0) is 8.69. The van der Waals surface area contributed by atoms with Gasteiger partial charge in [0.15, 0.2) is 6.29 Å². The first-order valence-corrected chi connectivity index (χ1v) is 3.75. The van der Waals surface area contributed by atoms with Crippen molar-refractivity contribution in [3.8, 4) is 0 Å². The summed E-state index contributed by atoms with van der Waals surface area (Å²) in [5, 5.41) is 20.0. The van der Waals surface area contributed by atoms with Crippen LogP contribution in [0.3, 0.4) is 0 Å². The van der Waals surface area contributed by atoms with Crippen LogP contribution in [0, 0.1) is 5.92 Å². The highest BCUT2D eigenvalue weighted by molar-refractivity contribution is 5.45. The summed E-state index contributed by atoms with van der Waals surface area (Å²) >= 11 is 0. The molecule has 3 N–H and O–H groups in total. The molecule has 0 aromatic rings. The molecular formula is C7H15NO3. The van der Waals surface area contributed by atoms with Crippen molar-refractivity contribution >= 4 is 6.41 Å². The van der Waals surface area contributed by atoms with Crippen LogP contribution in [-0.4, -0.2) is 29.5 Å². The lowest BCUT2D eigenvalue weighted by Crippen LogP contribution is -2.30. The molecule has 0 rings (SSSR count). The maximum Gasteiger partial charge on any atom is 0.207 e. The van der Waals surface area contributed by atoms with Crippen LogP contribution in [0.5, 0.6) is 0 Å². The molecule has 4 nitrogen and oxygen atoms in total. The van der Waals surface area contributed by atoms with Crippen molar-refractivity contribution in [3.63, 3.8) is 0 Å². The van der Waals surface area contributed by atoms with Gasteiger partial charge in [-0.15, -0.1) is 0 Å². The number of carbonyl (C=O) groups is 1. The Morgan fingerprint density at radius 1 is 1.55 bits per heavy atom. The fraction of sp³-hybridized carbons (Fsp3) is 0.857. The lowest BCUT2D eigenvalue weighted by Gasteiger charge is -2.16. The first-order chi connectivity index (χ1) is 5.22. The van der Waals surface area contributed by atoms with E-state index < -0.39 is 6.29 Å². The number of hydrogen-bond donors (Lipinski definition) is 3. The Hall–Kier alpha value is -0.610. The van der Waals surface area contributed by atoms with Gasteiger partial charge in [-0.25, -0.2) is 0 Å². The van der Waals surface area contributed by atoms with E-state index in [2.05, 4.69) is 5.32 Å². The number of hydrogen-bond acceptors (Lipinski definition) is 3. The summed E-state index contributed by atoms with van der Waals surface area (Å²) in [6.07, 6.45) is 0.814. The van der Waals surface area contributed by atoms with Crippen molar-refractivity contribution in [2.75, 3.05) is 6.54 Å². The lowest BCUT2D eigenvalue weighted by molar-refractivity contribution is -0.111. The van der Waals surface area contributed by atoms with Crippen LogP contribution in [0.1, 0.15) is 19.8 Å². The first kappa shape index (κ1) is 10.4. The molecule has 0 bridgehead atoms. The van der Waals surface area contributed by atoms with Gasteiger partial charge in [-0.3, -0.25) is 4.79 Å². The monoisotopic (exact) mass is 161 g/mol. The minimum absolute atomic E-state index is 0.245. The van der Waals surface area contributed by atoms with Crippen molar-refractivity contribution in [1.82, 2.24) is 5.32 Å². The van der Waals surface area contributed by atoms with Crippen molar-refractivity contribution in [3.05, 3.63) is 0 Å². The Labute approximate surface area is 66.2 Å². The molecule has 0 aliphatic heterocycles. The third kappa shape index (κ3) is 4.75. The average Bonchev–Trinajstić information content (AvgIpc) is 1.97. The van der Waals surface area contributed by atoms with Gasteiger partial charge < -0.3 is 15.5 Å². The Balaban J connectivity index is 3.59. The van der Waals surface area contributed by atoms with E-state index in [0.29, 0.717) is 19.4 Å². The highest BCUT2D eigenvalue weighted by Gasteiger charge is 2.14. The number of aliphatic hydroxyl groups excluding tert-OH is 1. The van der Waals surface area contributed by atoms with Gasteiger partial charge in [0, 0.05) is 12.5 Å². The Kier molecular flexibility index (Phi) is 5.78. The molecule has 4 heteroatoms. The first-order valence-electron chi connectivity index (χ1n) is 3.75. The van der Waals surface area contributed by atoms with E-state index in [0.717, 1.165) is 6.42 Å². The van der Waals surface area contributed by atoms with Crippen molar-refractivity contribution in [1.29, 1.82) is 0 Å². The van der Waals surface area contributed by atoms with Gasteiger partial charge in [0.1, 0.15) is 0 Å². The normalized spacial score (nSPS) is 13.1. The van der Waals surface area contributed by atoms with Crippen molar-refractivity contribution in [2.45, 2.75) is 26.1 Å². The number of nitrogens with one attached hydrogen (secondary N) is 1. The second kappa shape index (κ2) is 6.12. The Morgan fingerprint density at radius 2 is 2.18 bits per heavy atom. The maximum atomic E-state index is 9.86. The van der Waals surface area contributed by atoms with Crippen molar-refractivity contribution in [2.24, 2.45) is 5.92 Å². The summed E-state index contributed by atoms with van der Waals surface area (Å²) in [5.74, 6) is -0.245. The summed E-state index contributed by atoms with van der Waals surface area (Å²) in [6.45, 7) is 2.28. The molecule has 0 fully saturated rings. The molecule has 1 unspecified atom stereocenters. The molecular weight excluding hydrogens is 146 g/mol. The molecule has 11 heavy (non-hydrogen) atoms. The molecule has 0 saturated carbocycles. The van der Waals surface area contributed by atoms with Gasteiger partial charge in [-0.1, -0.05) is 13.3 Å².